The van der Waals surface area contributed by atoms with Gasteiger partial charge in [0.05, 0.1) is 18.1 Å². The second-order valence-corrected chi connectivity index (χ2v) is 14.6. The van der Waals surface area contributed by atoms with Gasteiger partial charge >= 0.3 is 0 Å². The van der Waals surface area contributed by atoms with Crippen molar-refractivity contribution in [1.82, 2.24) is 4.57 Å². The summed E-state index contributed by atoms with van der Waals surface area (Å²) in [5.74, 6) is 0.856. The van der Waals surface area contributed by atoms with Gasteiger partial charge < -0.3 is 14.2 Å². The summed E-state index contributed by atoms with van der Waals surface area (Å²) >= 11 is 0. The predicted octanol–water partition coefficient (Wildman–Crippen LogP) is 14.9. The largest absolute Gasteiger partial charge is 0.497 e. The molecule has 0 bridgehead atoms. The van der Waals surface area contributed by atoms with E-state index < -0.39 is 0 Å². The molecule has 3 nitrogen and oxygen atoms in total. The van der Waals surface area contributed by atoms with Gasteiger partial charge in [-0.25, -0.2) is 0 Å². The Labute approximate surface area is 339 Å². The molecule has 1 heterocycles. The molecule has 0 radical (unpaired) electrons. The molecule has 0 atom stereocenters. The second-order valence-electron chi connectivity index (χ2n) is 14.6. The van der Waals surface area contributed by atoms with Crippen LogP contribution in [0.2, 0.25) is 0 Å². The van der Waals surface area contributed by atoms with Crippen molar-refractivity contribution in [3.05, 3.63) is 224 Å². The van der Waals surface area contributed by atoms with Crippen LogP contribution in [0.3, 0.4) is 0 Å². The monoisotopic (exact) mass is 744 g/mol. The lowest BCUT2D eigenvalue weighted by Crippen LogP contribution is -2.09. The third-order valence-corrected chi connectivity index (χ3v) is 11.1. The Morgan fingerprint density at radius 1 is 0.328 bits per heavy atom. The molecule has 0 saturated carbocycles. The molecule has 10 aromatic rings. The third-order valence-electron chi connectivity index (χ3n) is 11.1. The highest BCUT2D eigenvalue weighted by Crippen LogP contribution is 2.39. The number of rotatable bonds is 9. The van der Waals surface area contributed by atoms with Crippen molar-refractivity contribution < 1.29 is 4.74 Å². The summed E-state index contributed by atoms with van der Waals surface area (Å²) < 4.78 is 7.74. The molecule has 0 aliphatic heterocycles. The van der Waals surface area contributed by atoms with Crippen LogP contribution < -0.4 is 9.64 Å². The molecule has 58 heavy (non-hydrogen) atoms. The number of ether oxygens (including phenoxy) is 1. The van der Waals surface area contributed by atoms with Crippen molar-refractivity contribution in [3.63, 3.8) is 0 Å². The summed E-state index contributed by atoms with van der Waals surface area (Å²) in [6.07, 6.45) is 0. The first-order valence-electron chi connectivity index (χ1n) is 19.7. The summed E-state index contributed by atoms with van der Waals surface area (Å²) in [4.78, 5) is 2.33. The number of anilines is 3. The van der Waals surface area contributed by atoms with Crippen LogP contribution in [0.5, 0.6) is 5.75 Å². The maximum Gasteiger partial charge on any atom is 0.118 e. The van der Waals surface area contributed by atoms with Crippen LogP contribution in [0, 0.1) is 0 Å². The molecule has 0 unspecified atom stereocenters. The van der Waals surface area contributed by atoms with E-state index >= 15 is 0 Å². The van der Waals surface area contributed by atoms with Crippen molar-refractivity contribution in [2.24, 2.45) is 0 Å². The molecule has 0 spiro atoms. The van der Waals surface area contributed by atoms with Gasteiger partial charge in [-0.2, -0.15) is 0 Å². The van der Waals surface area contributed by atoms with E-state index in [1.165, 1.54) is 55.2 Å². The van der Waals surface area contributed by atoms with Crippen LogP contribution in [0.25, 0.3) is 72.0 Å². The lowest BCUT2D eigenvalue weighted by atomic mass is 9.98. The Kier molecular flexibility index (Phi) is 9.09. The first-order chi connectivity index (χ1) is 28.7. The molecule has 3 heteroatoms. The van der Waals surface area contributed by atoms with Gasteiger partial charge in [0.2, 0.25) is 0 Å². The van der Waals surface area contributed by atoms with E-state index in [0.29, 0.717) is 0 Å². The first kappa shape index (κ1) is 34.8. The molecular formula is C55H40N2O. The van der Waals surface area contributed by atoms with E-state index in [0.717, 1.165) is 39.6 Å². The zero-order chi connectivity index (χ0) is 38.8. The average molecular weight is 745 g/mol. The average Bonchev–Trinajstić information content (AvgIpc) is 3.65. The van der Waals surface area contributed by atoms with Crippen molar-refractivity contribution in [3.8, 4) is 55.9 Å². The van der Waals surface area contributed by atoms with Gasteiger partial charge in [-0.05, 0) is 123 Å². The minimum Gasteiger partial charge on any atom is -0.497 e. The van der Waals surface area contributed by atoms with Gasteiger partial charge in [0.15, 0.2) is 0 Å². The van der Waals surface area contributed by atoms with Gasteiger partial charge in [0, 0.05) is 33.5 Å². The highest BCUT2D eigenvalue weighted by atomic mass is 16.5. The SMILES string of the molecule is COc1ccc(-c2cccc(-c3ccc(N(c4ccc(-c5ccccc5)cc4)c4ccc(-c5ccc(-n6c7ccccc7c7ccccc76)cc5)cc4)cc3)c2)cc1. The Hall–Kier alpha value is -7.62. The molecular weight excluding hydrogens is 705 g/mol. The molecule has 276 valence electrons. The quantitative estimate of drug-likeness (QED) is 0.146. The topological polar surface area (TPSA) is 17.4 Å². The Morgan fingerprint density at radius 3 is 1.16 bits per heavy atom. The molecule has 0 saturated heterocycles. The number of hydrogen-bond donors (Lipinski definition) is 0. The van der Waals surface area contributed by atoms with Crippen LogP contribution in [0.15, 0.2) is 224 Å². The first-order valence-corrected chi connectivity index (χ1v) is 19.7. The molecule has 10 rings (SSSR count). The fourth-order valence-electron chi connectivity index (χ4n) is 8.15. The zero-order valence-electron chi connectivity index (χ0n) is 32.2. The maximum absolute atomic E-state index is 5.38. The zero-order valence-corrected chi connectivity index (χ0v) is 32.2. The molecule has 0 aliphatic rings. The van der Waals surface area contributed by atoms with E-state index in [-0.39, 0.29) is 0 Å². The number of aromatic nitrogens is 1. The summed E-state index contributed by atoms with van der Waals surface area (Å²) in [5, 5.41) is 2.54. The Balaban J connectivity index is 0.971. The molecule has 9 aromatic carbocycles. The predicted molar refractivity (Wildman–Crippen MR) is 244 cm³/mol. The third kappa shape index (κ3) is 6.59. The van der Waals surface area contributed by atoms with Gasteiger partial charge in [-0.1, -0.05) is 146 Å². The van der Waals surface area contributed by atoms with E-state index in [9.17, 15) is 0 Å². The Morgan fingerprint density at radius 2 is 0.690 bits per heavy atom. The van der Waals surface area contributed by atoms with Crippen molar-refractivity contribution >= 4 is 38.9 Å². The highest BCUT2D eigenvalue weighted by Gasteiger charge is 2.15. The summed E-state index contributed by atoms with van der Waals surface area (Å²) in [5.41, 5.74) is 16.3. The van der Waals surface area contributed by atoms with Gasteiger partial charge in [0.1, 0.15) is 5.75 Å². The maximum atomic E-state index is 5.38. The number of para-hydroxylation sites is 2. The van der Waals surface area contributed by atoms with Gasteiger partial charge in [0.25, 0.3) is 0 Å². The Bertz CT molecular complexity index is 2930. The number of fused-ring (bicyclic) bond motifs is 3. The summed E-state index contributed by atoms with van der Waals surface area (Å²) in [7, 11) is 1.70. The summed E-state index contributed by atoms with van der Waals surface area (Å²) in [6, 6.07) is 80.4. The fourth-order valence-corrected chi connectivity index (χ4v) is 8.15. The van der Waals surface area contributed by atoms with Crippen LogP contribution in [-0.2, 0) is 0 Å². The molecule has 0 aliphatic carbocycles. The fraction of sp³-hybridized carbons (Fsp3) is 0.0182. The minimum atomic E-state index is 0.856. The van der Waals surface area contributed by atoms with Gasteiger partial charge in [-0.3, -0.25) is 0 Å². The van der Waals surface area contributed by atoms with Gasteiger partial charge in [-0.15, -0.1) is 0 Å². The minimum absolute atomic E-state index is 0.856. The molecule has 0 amide bonds. The number of methoxy groups -OCH3 is 1. The summed E-state index contributed by atoms with van der Waals surface area (Å²) in [6.45, 7) is 0. The number of hydrogen-bond acceptors (Lipinski definition) is 2. The second kappa shape index (κ2) is 15.1. The van der Waals surface area contributed by atoms with Crippen LogP contribution >= 0.6 is 0 Å². The van der Waals surface area contributed by atoms with E-state index in [1.807, 2.05) is 12.1 Å². The van der Waals surface area contributed by atoms with Crippen LogP contribution in [0.4, 0.5) is 17.1 Å². The van der Waals surface area contributed by atoms with Crippen LogP contribution in [-0.4, -0.2) is 11.7 Å². The van der Waals surface area contributed by atoms with Crippen molar-refractivity contribution in [2.75, 3.05) is 12.0 Å². The molecule has 1 aromatic heterocycles. The number of nitrogens with zero attached hydrogens (tertiary/aromatic N) is 2. The van der Waals surface area contributed by atoms with Crippen LogP contribution in [0.1, 0.15) is 0 Å². The normalized spacial score (nSPS) is 11.2. The standard InChI is InChI=1S/C55H40N2O/c1-58-51-36-26-44(27-37-51)46-13-9-12-45(38-46)43-24-32-49(33-25-43)56(47-28-18-40(19-29-47)39-10-3-2-4-11-39)48-30-20-41(21-31-48)42-22-34-50(35-23-42)57-54-16-7-5-14-52(54)53-15-6-8-17-55(53)57/h2-38H,1H3. The van der Waals surface area contributed by atoms with Crippen molar-refractivity contribution in [1.29, 1.82) is 0 Å². The van der Waals surface area contributed by atoms with E-state index in [4.69, 9.17) is 4.74 Å². The van der Waals surface area contributed by atoms with E-state index in [2.05, 4.69) is 222 Å². The molecule has 0 fully saturated rings. The van der Waals surface area contributed by atoms with Crippen molar-refractivity contribution in [2.45, 2.75) is 0 Å². The number of benzene rings is 9. The lowest BCUT2D eigenvalue weighted by Gasteiger charge is -2.26. The van der Waals surface area contributed by atoms with E-state index in [1.54, 1.807) is 7.11 Å². The molecule has 0 N–H and O–H groups in total. The lowest BCUT2D eigenvalue weighted by molar-refractivity contribution is 0.415. The highest BCUT2D eigenvalue weighted by molar-refractivity contribution is 6.09. The smallest absolute Gasteiger partial charge is 0.118 e.